The Kier molecular flexibility index (Phi) is 18.3. The molecule has 45 heavy (non-hydrogen) atoms. The van der Waals surface area contributed by atoms with Crippen molar-refractivity contribution < 1.29 is 75.1 Å². The molecule has 0 aliphatic carbocycles. The number of nitrogens with one attached hydrogen (secondary N) is 1. The second-order valence-corrected chi connectivity index (χ2v) is 32.5. The van der Waals surface area contributed by atoms with Crippen molar-refractivity contribution in [2.75, 3.05) is 113 Å². The van der Waals surface area contributed by atoms with Crippen LogP contribution in [0, 0.1) is 0 Å². The molecule has 10 atom stereocenters. The molecule has 4 aliphatic rings. The minimum atomic E-state index is -1.54. The third-order valence-corrected chi connectivity index (χ3v) is 19.3. The van der Waals surface area contributed by atoms with Crippen LogP contribution >= 0.6 is 10.5 Å². The Balaban J connectivity index is 0.000000246. The summed E-state index contributed by atoms with van der Waals surface area (Å²) in [5, 5.41) is 0.326. The summed E-state index contributed by atoms with van der Waals surface area (Å²) in [7, 11) is 5.60. The first-order chi connectivity index (χ1) is 21.2. The maximum absolute atomic E-state index is 6.41. The van der Waals surface area contributed by atoms with Crippen molar-refractivity contribution in [2.45, 2.75) is 76.5 Å². The van der Waals surface area contributed by atoms with E-state index >= 15 is 0 Å². The van der Waals surface area contributed by atoms with Gasteiger partial charge >= 0.3 is 295 Å². The van der Waals surface area contributed by atoms with Gasteiger partial charge in [0, 0.05) is 0 Å². The van der Waals surface area contributed by atoms with Crippen molar-refractivity contribution in [2.24, 2.45) is 0 Å². The molecule has 4 heterocycles. The molecule has 0 radical (unpaired) electrons. The van der Waals surface area contributed by atoms with Crippen LogP contribution in [0.15, 0.2) is 0 Å². The van der Waals surface area contributed by atoms with Crippen molar-refractivity contribution >= 4 is 10.5 Å². The molecular formula is C29H60N4O8P2W2. The Morgan fingerprint density at radius 3 is 1.47 bits per heavy atom. The van der Waals surface area contributed by atoms with Crippen LogP contribution in [0.4, 0.5) is 0 Å². The van der Waals surface area contributed by atoms with Gasteiger partial charge in [0.05, 0.1) is 0 Å². The van der Waals surface area contributed by atoms with E-state index in [9.17, 15) is 0 Å². The Bertz CT molecular complexity index is 967. The molecular weight excluding hydrogens is 962 g/mol. The number of morpholine rings is 4. The van der Waals surface area contributed by atoms with Crippen LogP contribution in [-0.2, 0) is 75.1 Å². The van der Waals surface area contributed by atoms with Gasteiger partial charge < -0.3 is 0 Å². The quantitative estimate of drug-likeness (QED) is 0.292. The molecule has 0 aromatic heterocycles. The number of rotatable bonds is 12. The van der Waals surface area contributed by atoms with E-state index in [1.807, 2.05) is 0 Å². The van der Waals surface area contributed by atoms with Crippen LogP contribution in [0.5, 0.6) is 0 Å². The Morgan fingerprint density at radius 2 is 1.02 bits per heavy atom. The molecule has 4 fully saturated rings. The number of methoxy groups -OCH3 is 2. The fourth-order valence-corrected chi connectivity index (χ4v) is 13.5. The zero-order valence-electron chi connectivity index (χ0n) is 28.9. The summed E-state index contributed by atoms with van der Waals surface area (Å²) in [6.45, 7) is 23.1. The maximum atomic E-state index is 6.41. The monoisotopic (exact) mass is 1020 g/mol. The van der Waals surface area contributed by atoms with Gasteiger partial charge in [-0.1, -0.05) is 0 Å². The van der Waals surface area contributed by atoms with Crippen molar-refractivity contribution in [3.05, 3.63) is 0 Å². The first kappa shape index (κ1) is 41.2. The van der Waals surface area contributed by atoms with E-state index in [0.717, 1.165) is 52.4 Å². The van der Waals surface area contributed by atoms with Gasteiger partial charge in [-0.3, -0.25) is 0 Å². The van der Waals surface area contributed by atoms with Crippen LogP contribution in [0.3, 0.4) is 0 Å². The fraction of sp³-hybridized carbons (Fsp3) is 1.00. The van der Waals surface area contributed by atoms with E-state index in [1.54, 1.807) is 14.2 Å². The van der Waals surface area contributed by atoms with E-state index in [-0.39, 0.29) is 48.8 Å². The summed E-state index contributed by atoms with van der Waals surface area (Å²) in [6.07, 6.45) is 1.63. The summed E-state index contributed by atoms with van der Waals surface area (Å²) >= 11 is 3.04. The Morgan fingerprint density at radius 1 is 0.600 bits per heavy atom. The third-order valence-electron chi connectivity index (χ3n) is 8.08. The number of ether oxygens (including phenoxy) is 6. The van der Waals surface area contributed by atoms with Gasteiger partial charge in [-0.05, 0) is 0 Å². The van der Waals surface area contributed by atoms with Crippen molar-refractivity contribution in [3.63, 3.8) is 0 Å². The predicted molar refractivity (Wildman–Crippen MR) is 172 cm³/mol. The molecule has 4 aliphatic heterocycles. The topological polar surface area (TPSA) is 95.6 Å². The summed E-state index contributed by atoms with van der Waals surface area (Å²) in [6, 6.07) is 0. The van der Waals surface area contributed by atoms with Crippen molar-refractivity contribution in [1.29, 1.82) is 0 Å². The zero-order chi connectivity index (χ0) is 33.2. The molecule has 0 aromatic rings. The fourth-order valence-electron chi connectivity index (χ4n) is 6.14. The van der Waals surface area contributed by atoms with Gasteiger partial charge in [-0.25, -0.2) is 0 Å². The average Bonchev–Trinajstić information content (AvgIpc) is 2.95. The molecule has 0 spiro atoms. The van der Waals surface area contributed by atoms with Crippen molar-refractivity contribution in [3.8, 4) is 0 Å². The van der Waals surface area contributed by atoms with E-state index in [0.29, 0.717) is 26.4 Å². The van der Waals surface area contributed by atoms with Gasteiger partial charge in [-0.15, -0.1) is 0 Å². The summed E-state index contributed by atoms with van der Waals surface area (Å²) < 4.78 is 52.1. The number of hydrogen-bond donors (Lipinski definition) is 1. The molecule has 16 heteroatoms. The second-order valence-electron chi connectivity index (χ2n) is 13.0. The molecule has 0 amide bonds. The van der Waals surface area contributed by atoms with Crippen LogP contribution in [-0.4, -0.2) is 176 Å². The van der Waals surface area contributed by atoms with Crippen LogP contribution < -0.4 is 5.32 Å². The minimum absolute atomic E-state index is 0.142. The molecule has 4 rings (SSSR count). The first-order valence-electron chi connectivity index (χ1n) is 16.1. The van der Waals surface area contributed by atoms with Crippen LogP contribution in [0.1, 0.15) is 27.7 Å². The second kappa shape index (κ2) is 20.0. The van der Waals surface area contributed by atoms with Gasteiger partial charge in [0.15, 0.2) is 0 Å². The number of nitrogens with zero attached hydrogens (tertiary/aromatic N) is 3. The first-order valence-corrected chi connectivity index (χ1v) is 28.1. The van der Waals surface area contributed by atoms with E-state index < -0.39 is 10.5 Å². The number of hydrogen-bond acceptors (Lipinski definition) is 12. The van der Waals surface area contributed by atoms with Gasteiger partial charge in [-0.2, -0.15) is 0 Å². The predicted octanol–water partition coefficient (Wildman–Crippen LogP) is 2.45. The van der Waals surface area contributed by atoms with E-state index in [4.69, 9.17) is 37.5 Å². The summed E-state index contributed by atoms with van der Waals surface area (Å²) in [4.78, 5) is 2.33. The van der Waals surface area contributed by atoms with E-state index in [2.05, 4.69) is 67.6 Å². The SMILES string of the molecule is COCC1CN([P](C)(=[W])OCC2CN(C)CC(C)O2)CC(C)O1.COCC1CN([P](C)(=[W])OCC2CNCC(C)O2)CC(C)O1. The van der Waals surface area contributed by atoms with E-state index in [1.165, 1.54) is 37.6 Å². The van der Waals surface area contributed by atoms with Crippen molar-refractivity contribution in [1.82, 2.24) is 19.6 Å². The third kappa shape index (κ3) is 14.5. The standard InChI is InChI=1S/C15H31N2O4P.C14H29N2O4P.2W/c1-12-6-16(3)8-14(20-12)11-19-22(5)17-7-13(2)21-15(9-17)10-18-4;1-11-5-15-6-13(19-11)10-18-21(4)16-7-12(2)20-14(8-16)9-17-3;;/h12-15H,6-11H2,1-5H3;11-15H,5-10H2,1-4H3;;. The molecule has 10 unspecified atom stereocenters. The molecule has 12 nitrogen and oxygen atoms in total. The molecule has 0 bridgehead atoms. The van der Waals surface area contributed by atoms with Crippen LogP contribution in [0.2, 0.25) is 0 Å². The summed E-state index contributed by atoms with van der Waals surface area (Å²) in [5.41, 5.74) is 0. The molecule has 0 aromatic carbocycles. The normalized spacial score (nSPS) is 36.8. The molecule has 0 saturated carbocycles. The van der Waals surface area contributed by atoms with Gasteiger partial charge in [0.1, 0.15) is 0 Å². The molecule has 1 N–H and O–H groups in total. The van der Waals surface area contributed by atoms with Crippen LogP contribution in [0.25, 0.3) is 0 Å². The zero-order valence-corrected chi connectivity index (χ0v) is 36.6. The number of likely N-dealkylation sites (N-methyl/N-ethyl adjacent to an activating group) is 1. The van der Waals surface area contributed by atoms with Gasteiger partial charge in [0.2, 0.25) is 0 Å². The Labute approximate surface area is 293 Å². The molecule has 266 valence electrons. The van der Waals surface area contributed by atoms with Gasteiger partial charge in [0.25, 0.3) is 0 Å². The summed E-state index contributed by atoms with van der Waals surface area (Å²) in [5.74, 6) is 0. The Hall–Kier alpha value is 1.76. The average molecular weight is 1020 g/mol. The molecule has 4 saturated heterocycles.